The highest BCUT2D eigenvalue weighted by Crippen LogP contribution is 2.10. The number of hydrogen-bond acceptors (Lipinski definition) is 4. The number of ether oxygens (including phenoxy) is 1. The molecule has 1 amide bonds. The second-order valence-electron chi connectivity index (χ2n) is 6.87. The summed E-state index contributed by atoms with van der Waals surface area (Å²) in [4.78, 5) is 14.8. The van der Waals surface area contributed by atoms with Crippen LogP contribution in [0.2, 0.25) is 0 Å². The molecule has 1 aromatic heterocycles. The summed E-state index contributed by atoms with van der Waals surface area (Å²) in [5.41, 5.74) is 3.69. The highest BCUT2D eigenvalue weighted by atomic mass is 16.5. The fraction of sp³-hybridized carbons (Fsp3) is 0.273. The highest BCUT2D eigenvalue weighted by Gasteiger charge is 2.12. The minimum Gasteiger partial charge on any atom is -0.379 e. The van der Waals surface area contributed by atoms with Gasteiger partial charge in [-0.1, -0.05) is 42.5 Å². The van der Waals surface area contributed by atoms with Gasteiger partial charge in [-0.05, 0) is 29.3 Å². The maximum Gasteiger partial charge on any atom is 0.272 e. The Morgan fingerprint density at radius 1 is 0.964 bits per heavy atom. The van der Waals surface area contributed by atoms with Crippen LogP contribution in [-0.4, -0.2) is 46.9 Å². The van der Waals surface area contributed by atoms with Gasteiger partial charge in [0.05, 0.1) is 18.9 Å². The van der Waals surface area contributed by atoms with Gasteiger partial charge in [0.15, 0.2) is 5.69 Å². The fourth-order valence-corrected chi connectivity index (χ4v) is 3.22. The van der Waals surface area contributed by atoms with Crippen LogP contribution < -0.4 is 5.32 Å². The Kier molecular flexibility index (Phi) is 5.80. The molecule has 0 atom stereocenters. The second-order valence-corrected chi connectivity index (χ2v) is 6.87. The SMILES string of the molecule is O=C(NCc1ccc(CN2CCOCC2)cc1)c1ccn(-c2ccccc2)n1. The van der Waals surface area contributed by atoms with Gasteiger partial charge in [-0.3, -0.25) is 9.69 Å². The topological polar surface area (TPSA) is 59.4 Å². The molecule has 4 rings (SSSR count). The number of para-hydroxylation sites is 1. The van der Waals surface area contributed by atoms with E-state index in [0.717, 1.165) is 44.1 Å². The summed E-state index contributed by atoms with van der Waals surface area (Å²) in [7, 11) is 0. The van der Waals surface area contributed by atoms with E-state index in [9.17, 15) is 4.79 Å². The number of amides is 1. The third kappa shape index (κ3) is 4.65. The first-order chi connectivity index (χ1) is 13.8. The predicted molar refractivity (Wildman–Crippen MR) is 107 cm³/mol. The van der Waals surface area contributed by atoms with Gasteiger partial charge < -0.3 is 10.1 Å². The summed E-state index contributed by atoms with van der Waals surface area (Å²) in [5.74, 6) is -0.174. The minimum atomic E-state index is -0.174. The van der Waals surface area contributed by atoms with E-state index in [1.54, 1.807) is 16.9 Å². The maximum atomic E-state index is 12.4. The molecular formula is C22H24N4O2. The van der Waals surface area contributed by atoms with E-state index >= 15 is 0 Å². The van der Waals surface area contributed by atoms with Crippen LogP contribution in [-0.2, 0) is 17.8 Å². The van der Waals surface area contributed by atoms with Crippen molar-refractivity contribution in [3.63, 3.8) is 0 Å². The molecule has 2 heterocycles. The lowest BCUT2D eigenvalue weighted by Crippen LogP contribution is -2.35. The molecule has 144 valence electrons. The van der Waals surface area contributed by atoms with Crippen molar-refractivity contribution in [2.75, 3.05) is 26.3 Å². The molecule has 3 aromatic rings. The molecule has 0 spiro atoms. The Balaban J connectivity index is 1.30. The number of rotatable bonds is 6. The summed E-state index contributed by atoms with van der Waals surface area (Å²) >= 11 is 0. The fourth-order valence-electron chi connectivity index (χ4n) is 3.22. The normalized spacial score (nSPS) is 14.7. The zero-order chi connectivity index (χ0) is 19.2. The monoisotopic (exact) mass is 376 g/mol. The second kappa shape index (κ2) is 8.82. The van der Waals surface area contributed by atoms with Crippen LogP contribution in [0.25, 0.3) is 5.69 Å². The number of morpholine rings is 1. The van der Waals surface area contributed by atoms with Crippen LogP contribution in [0.5, 0.6) is 0 Å². The average molecular weight is 376 g/mol. The van der Waals surface area contributed by atoms with Crippen molar-refractivity contribution in [3.05, 3.63) is 83.7 Å². The van der Waals surface area contributed by atoms with Crippen LogP contribution in [0.15, 0.2) is 66.9 Å². The average Bonchev–Trinajstić information content (AvgIpc) is 3.25. The molecule has 0 aliphatic carbocycles. The lowest BCUT2D eigenvalue weighted by molar-refractivity contribution is 0.0342. The number of hydrogen-bond donors (Lipinski definition) is 1. The molecule has 0 saturated carbocycles. The first-order valence-corrected chi connectivity index (χ1v) is 9.55. The first-order valence-electron chi connectivity index (χ1n) is 9.55. The molecule has 6 heteroatoms. The van der Waals surface area contributed by atoms with Crippen LogP contribution in [0, 0.1) is 0 Å². The summed E-state index contributed by atoms with van der Waals surface area (Å²) in [6, 6.07) is 19.9. The van der Waals surface area contributed by atoms with Crippen molar-refractivity contribution < 1.29 is 9.53 Å². The van der Waals surface area contributed by atoms with E-state index < -0.39 is 0 Å². The third-order valence-corrected chi connectivity index (χ3v) is 4.83. The smallest absolute Gasteiger partial charge is 0.272 e. The molecule has 0 bridgehead atoms. The van der Waals surface area contributed by atoms with Crippen LogP contribution in [0.4, 0.5) is 0 Å². The van der Waals surface area contributed by atoms with E-state index in [4.69, 9.17) is 4.74 Å². The Morgan fingerprint density at radius 3 is 2.43 bits per heavy atom. The molecule has 6 nitrogen and oxygen atoms in total. The summed E-state index contributed by atoms with van der Waals surface area (Å²) in [5, 5.41) is 7.30. The Hall–Kier alpha value is -2.96. The predicted octanol–water partition coefficient (Wildman–Crippen LogP) is 2.63. The standard InChI is InChI=1S/C22H24N4O2/c27-22(21-10-11-26(24-21)20-4-2-1-3-5-20)23-16-18-6-8-19(9-7-18)17-25-12-14-28-15-13-25/h1-11H,12-17H2,(H,23,27). The Morgan fingerprint density at radius 2 is 1.68 bits per heavy atom. The van der Waals surface area contributed by atoms with Crippen molar-refractivity contribution in [1.82, 2.24) is 20.0 Å². The summed E-state index contributed by atoms with van der Waals surface area (Å²) < 4.78 is 7.09. The van der Waals surface area contributed by atoms with Crippen LogP contribution in [0.3, 0.4) is 0 Å². The van der Waals surface area contributed by atoms with E-state index in [0.29, 0.717) is 12.2 Å². The van der Waals surface area contributed by atoms with Gasteiger partial charge in [0, 0.05) is 32.4 Å². The van der Waals surface area contributed by atoms with E-state index in [1.807, 2.05) is 30.3 Å². The van der Waals surface area contributed by atoms with Gasteiger partial charge in [-0.25, -0.2) is 4.68 Å². The van der Waals surface area contributed by atoms with E-state index in [-0.39, 0.29) is 5.91 Å². The van der Waals surface area contributed by atoms with Crippen molar-refractivity contribution in [3.8, 4) is 5.69 Å². The molecule has 1 fully saturated rings. The van der Waals surface area contributed by atoms with Crippen LogP contribution in [0.1, 0.15) is 21.6 Å². The van der Waals surface area contributed by atoms with Gasteiger partial charge in [0.25, 0.3) is 5.91 Å². The van der Waals surface area contributed by atoms with Gasteiger partial charge in [-0.2, -0.15) is 5.10 Å². The lowest BCUT2D eigenvalue weighted by Gasteiger charge is -2.26. The molecule has 1 saturated heterocycles. The molecule has 1 N–H and O–H groups in total. The Labute approximate surface area is 164 Å². The number of aromatic nitrogens is 2. The van der Waals surface area contributed by atoms with Crippen molar-refractivity contribution in [2.24, 2.45) is 0 Å². The Bertz CT molecular complexity index is 900. The molecular weight excluding hydrogens is 352 g/mol. The van der Waals surface area contributed by atoms with Crippen molar-refractivity contribution in [1.29, 1.82) is 0 Å². The minimum absolute atomic E-state index is 0.174. The number of benzene rings is 2. The van der Waals surface area contributed by atoms with Gasteiger partial charge in [0.1, 0.15) is 0 Å². The first kappa shape index (κ1) is 18.4. The number of carbonyl (C=O) groups is 1. The summed E-state index contributed by atoms with van der Waals surface area (Å²) in [6.45, 7) is 5.00. The molecule has 0 unspecified atom stereocenters. The number of nitrogens with zero attached hydrogens (tertiary/aromatic N) is 3. The van der Waals surface area contributed by atoms with E-state index in [2.05, 4.69) is 39.6 Å². The number of carbonyl (C=O) groups excluding carboxylic acids is 1. The van der Waals surface area contributed by atoms with E-state index in [1.165, 1.54) is 5.56 Å². The van der Waals surface area contributed by atoms with Gasteiger partial charge in [-0.15, -0.1) is 0 Å². The van der Waals surface area contributed by atoms with Crippen molar-refractivity contribution >= 4 is 5.91 Å². The molecule has 2 aromatic carbocycles. The summed E-state index contributed by atoms with van der Waals surface area (Å²) in [6.07, 6.45) is 1.80. The maximum absolute atomic E-state index is 12.4. The molecule has 28 heavy (non-hydrogen) atoms. The van der Waals surface area contributed by atoms with Gasteiger partial charge in [0.2, 0.25) is 0 Å². The largest absolute Gasteiger partial charge is 0.379 e. The van der Waals surface area contributed by atoms with Crippen molar-refractivity contribution in [2.45, 2.75) is 13.1 Å². The molecule has 0 radical (unpaired) electrons. The zero-order valence-corrected chi connectivity index (χ0v) is 15.8. The molecule has 1 aliphatic rings. The quantitative estimate of drug-likeness (QED) is 0.719. The third-order valence-electron chi connectivity index (χ3n) is 4.83. The van der Waals surface area contributed by atoms with Crippen LogP contribution >= 0.6 is 0 Å². The number of nitrogens with one attached hydrogen (secondary N) is 1. The zero-order valence-electron chi connectivity index (χ0n) is 15.8. The van der Waals surface area contributed by atoms with Gasteiger partial charge >= 0.3 is 0 Å². The lowest BCUT2D eigenvalue weighted by atomic mass is 10.1. The molecule has 1 aliphatic heterocycles. The highest BCUT2D eigenvalue weighted by molar-refractivity contribution is 5.92.